The van der Waals surface area contributed by atoms with E-state index in [2.05, 4.69) is 10.6 Å². The SMILES string of the molecule is CCCN(C(=O)C(CCSC)NC(=O)OC(C)(C)C)C(C(=O)Nc1c(C)cccc1C)c1ccccc1O. The highest BCUT2D eigenvalue weighted by Crippen LogP contribution is 2.32. The molecule has 0 saturated heterocycles. The minimum absolute atomic E-state index is 0.0937. The highest BCUT2D eigenvalue weighted by Gasteiger charge is 2.37. The van der Waals surface area contributed by atoms with Crippen molar-refractivity contribution in [2.24, 2.45) is 0 Å². The average Bonchev–Trinajstić information content (AvgIpc) is 2.83. The second kappa shape index (κ2) is 14.1. The molecular weight excluding hydrogens is 502 g/mol. The zero-order chi connectivity index (χ0) is 28.5. The van der Waals surface area contributed by atoms with Crippen molar-refractivity contribution in [3.8, 4) is 5.75 Å². The van der Waals surface area contributed by atoms with E-state index in [1.54, 1.807) is 50.7 Å². The fourth-order valence-corrected chi connectivity index (χ4v) is 4.59. The first-order valence-corrected chi connectivity index (χ1v) is 14.2. The number of nitrogens with zero attached hydrogens (tertiary/aromatic N) is 1. The lowest BCUT2D eigenvalue weighted by Gasteiger charge is -2.34. The van der Waals surface area contributed by atoms with Crippen molar-refractivity contribution in [2.45, 2.75) is 72.1 Å². The molecule has 0 spiro atoms. The van der Waals surface area contributed by atoms with Crippen molar-refractivity contribution >= 4 is 35.4 Å². The second-order valence-electron chi connectivity index (χ2n) is 10.2. The number of phenolic OH excluding ortho intramolecular Hbond substituents is 1. The van der Waals surface area contributed by atoms with Crippen molar-refractivity contribution in [3.63, 3.8) is 0 Å². The van der Waals surface area contributed by atoms with Crippen molar-refractivity contribution in [1.82, 2.24) is 10.2 Å². The number of hydrogen-bond acceptors (Lipinski definition) is 6. The van der Waals surface area contributed by atoms with Crippen LogP contribution in [-0.2, 0) is 14.3 Å². The van der Waals surface area contributed by atoms with Crippen LogP contribution in [0.3, 0.4) is 0 Å². The maximum atomic E-state index is 14.0. The second-order valence-corrected chi connectivity index (χ2v) is 11.2. The molecule has 2 unspecified atom stereocenters. The third kappa shape index (κ3) is 8.68. The molecule has 0 aromatic heterocycles. The summed E-state index contributed by atoms with van der Waals surface area (Å²) in [5, 5.41) is 16.5. The molecule has 2 aromatic rings. The Morgan fingerprint density at radius 3 is 2.24 bits per heavy atom. The quantitative estimate of drug-likeness (QED) is 0.342. The molecule has 3 N–H and O–H groups in total. The number of carbonyl (C=O) groups excluding carboxylic acids is 3. The average molecular weight is 544 g/mol. The Labute approximate surface area is 230 Å². The van der Waals surface area contributed by atoms with Crippen LogP contribution in [0.5, 0.6) is 5.75 Å². The molecule has 0 fully saturated rings. The molecule has 2 atom stereocenters. The fourth-order valence-electron chi connectivity index (χ4n) is 4.12. The summed E-state index contributed by atoms with van der Waals surface area (Å²) in [5.41, 5.74) is 2.00. The monoisotopic (exact) mass is 543 g/mol. The third-order valence-corrected chi connectivity index (χ3v) is 6.51. The lowest BCUT2D eigenvalue weighted by atomic mass is 10.00. The van der Waals surface area contributed by atoms with Gasteiger partial charge in [-0.15, -0.1) is 0 Å². The van der Waals surface area contributed by atoms with Gasteiger partial charge in [0.2, 0.25) is 5.91 Å². The maximum Gasteiger partial charge on any atom is 0.408 e. The van der Waals surface area contributed by atoms with Gasteiger partial charge in [-0.1, -0.05) is 43.3 Å². The molecule has 2 aromatic carbocycles. The van der Waals surface area contributed by atoms with E-state index in [4.69, 9.17) is 4.74 Å². The summed E-state index contributed by atoms with van der Waals surface area (Å²) in [6.45, 7) is 11.2. The fraction of sp³-hybridized carbons (Fsp3) is 0.483. The molecule has 0 saturated carbocycles. The Kier molecular flexibility index (Phi) is 11.5. The number of phenols is 1. The van der Waals surface area contributed by atoms with Crippen LogP contribution in [0.2, 0.25) is 0 Å². The minimum Gasteiger partial charge on any atom is -0.508 e. The predicted octanol–water partition coefficient (Wildman–Crippen LogP) is 5.57. The molecule has 0 aliphatic heterocycles. The summed E-state index contributed by atoms with van der Waals surface area (Å²) in [4.78, 5) is 42.0. The first-order valence-electron chi connectivity index (χ1n) is 12.8. The summed E-state index contributed by atoms with van der Waals surface area (Å²) >= 11 is 1.55. The maximum absolute atomic E-state index is 14.0. The number of aryl methyl sites for hydroxylation is 2. The molecule has 2 rings (SSSR count). The molecule has 0 aliphatic carbocycles. The van der Waals surface area contributed by atoms with Gasteiger partial charge in [0.05, 0.1) is 0 Å². The normalized spacial score (nSPS) is 12.8. The van der Waals surface area contributed by atoms with Gasteiger partial charge in [0, 0.05) is 17.8 Å². The molecule has 0 aliphatic rings. The standard InChI is InChI=1S/C29H41N3O5S/c1-8-17-32(27(35)22(16-18-38-7)30-28(36)37-29(4,5)6)25(21-14-9-10-15-23(21)33)26(34)31-24-19(2)12-11-13-20(24)3/h9-15,22,25,33H,8,16-18H2,1-7H3,(H,30,36)(H,31,34). The summed E-state index contributed by atoms with van der Waals surface area (Å²) in [7, 11) is 0. The molecule has 0 radical (unpaired) electrons. The largest absolute Gasteiger partial charge is 0.508 e. The molecule has 3 amide bonds. The Bertz CT molecular complexity index is 1100. The predicted molar refractivity (Wildman–Crippen MR) is 154 cm³/mol. The highest BCUT2D eigenvalue weighted by atomic mass is 32.2. The number of anilines is 1. The van der Waals surface area contributed by atoms with E-state index >= 15 is 0 Å². The number of carbonyl (C=O) groups is 3. The van der Waals surface area contributed by atoms with Crippen LogP contribution >= 0.6 is 11.8 Å². The molecule has 9 heteroatoms. The van der Waals surface area contributed by atoms with Crippen molar-refractivity contribution < 1.29 is 24.2 Å². The summed E-state index contributed by atoms with van der Waals surface area (Å²) in [5.74, 6) is -0.353. The number of rotatable bonds is 11. The van der Waals surface area contributed by atoms with Gasteiger partial charge in [-0.3, -0.25) is 9.59 Å². The third-order valence-electron chi connectivity index (χ3n) is 5.87. The van der Waals surface area contributed by atoms with Gasteiger partial charge >= 0.3 is 6.09 Å². The van der Waals surface area contributed by atoms with Gasteiger partial charge in [0.25, 0.3) is 5.91 Å². The molecular formula is C29H41N3O5S. The Balaban J connectivity index is 2.53. The van der Waals surface area contributed by atoms with Crippen molar-refractivity contribution in [3.05, 3.63) is 59.2 Å². The van der Waals surface area contributed by atoms with Crippen LogP contribution in [0.4, 0.5) is 10.5 Å². The first kappa shape index (κ1) is 31.0. The highest BCUT2D eigenvalue weighted by molar-refractivity contribution is 7.98. The van der Waals surface area contributed by atoms with E-state index < -0.39 is 35.6 Å². The minimum atomic E-state index is -1.13. The molecule has 0 bridgehead atoms. The smallest absolute Gasteiger partial charge is 0.408 e. The van der Waals surface area contributed by atoms with Crippen LogP contribution in [0.1, 0.15) is 63.3 Å². The van der Waals surface area contributed by atoms with E-state index in [-0.39, 0.29) is 12.3 Å². The van der Waals surface area contributed by atoms with E-state index in [9.17, 15) is 19.5 Å². The molecule has 208 valence electrons. The lowest BCUT2D eigenvalue weighted by Crippen LogP contribution is -2.52. The molecule has 0 heterocycles. The molecule has 38 heavy (non-hydrogen) atoms. The van der Waals surface area contributed by atoms with E-state index in [0.29, 0.717) is 29.8 Å². The van der Waals surface area contributed by atoms with Gasteiger partial charge in [0.1, 0.15) is 23.4 Å². The van der Waals surface area contributed by atoms with Gasteiger partial charge in [-0.05, 0) is 76.7 Å². The Hall–Kier alpha value is -3.20. The topological polar surface area (TPSA) is 108 Å². The van der Waals surface area contributed by atoms with Gasteiger partial charge < -0.3 is 25.4 Å². The zero-order valence-corrected chi connectivity index (χ0v) is 24.3. The lowest BCUT2D eigenvalue weighted by molar-refractivity contribution is -0.140. The summed E-state index contributed by atoms with van der Waals surface area (Å²) in [6.07, 6.45) is 2.13. The number of hydrogen-bond donors (Lipinski definition) is 3. The van der Waals surface area contributed by atoms with Crippen molar-refractivity contribution in [1.29, 1.82) is 0 Å². The summed E-state index contributed by atoms with van der Waals surface area (Å²) in [6, 6.07) is 10.2. The number of nitrogens with one attached hydrogen (secondary N) is 2. The number of alkyl carbamates (subject to hydrolysis) is 1. The Morgan fingerprint density at radius 2 is 1.68 bits per heavy atom. The van der Waals surface area contributed by atoms with E-state index in [1.165, 1.54) is 11.0 Å². The van der Waals surface area contributed by atoms with Crippen LogP contribution in [-0.4, -0.2) is 58.1 Å². The van der Waals surface area contributed by atoms with Crippen molar-refractivity contribution in [2.75, 3.05) is 23.9 Å². The van der Waals surface area contributed by atoms with Gasteiger partial charge in [-0.2, -0.15) is 11.8 Å². The number of aromatic hydroxyl groups is 1. The number of thioether (sulfide) groups is 1. The van der Waals surface area contributed by atoms with Gasteiger partial charge in [0.15, 0.2) is 0 Å². The first-order chi connectivity index (χ1) is 17.9. The van der Waals surface area contributed by atoms with Crippen LogP contribution in [0.15, 0.2) is 42.5 Å². The van der Waals surface area contributed by atoms with Gasteiger partial charge in [-0.25, -0.2) is 4.79 Å². The number of benzene rings is 2. The number of para-hydroxylation sites is 2. The Morgan fingerprint density at radius 1 is 1.05 bits per heavy atom. The van der Waals surface area contributed by atoms with E-state index in [0.717, 1.165) is 11.1 Å². The summed E-state index contributed by atoms with van der Waals surface area (Å²) < 4.78 is 5.41. The van der Waals surface area contributed by atoms with E-state index in [1.807, 2.05) is 45.2 Å². The van der Waals surface area contributed by atoms with Crippen LogP contribution in [0.25, 0.3) is 0 Å². The number of ether oxygens (including phenoxy) is 1. The van der Waals surface area contributed by atoms with Crippen LogP contribution in [0, 0.1) is 13.8 Å². The molecule has 8 nitrogen and oxygen atoms in total. The van der Waals surface area contributed by atoms with Crippen LogP contribution < -0.4 is 10.6 Å². The number of amides is 3. The zero-order valence-electron chi connectivity index (χ0n) is 23.5.